The van der Waals surface area contributed by atoms with Gasteiger partial charge in [-0.3, -0.25) is 9.79 Å². The van der Waals surface area contributed by atoms with E-state index in [0.717, 1.165) is 31.4 Å². The maximum absolute atomic E-state index is 14.2. The molecule has 1 aromatic rings. The maximum atomic E-state index is 14.2. The molecule has 0 N–H and O–H groups in total. The zero-order valence-corrected chi connectivity index (χ0v) is 15.2. The smallest absolute Gasteiger partial charge is 0.252 e. The minimum Gasteiger partial charge on any atom is -0.381 e. The van der Waals surface area contributed by atoms with Gasteiger partial charge in [-0.15, -0.1) is 0 Å². The van der Waals surface area contributed by atoms with Gasteiger partial charge in [-0.25, -0.2) is 8.78 Å². The monoisotopic (exact) mass is 362 g/mol. The largest absolute Gasteiger partial charge is 0.381 e. The van der Waals surface area contributed by atoms with E-state index in [1.54, 1.807) is 18.1 Å². The van der Waals surface area contributed by atoms with Crippen LogP contribution in [0.2, 0.25) is 0 Å². The van der Waals surface area contributed by atoms with Gasteiger partial charge in [-0.05, 0) is 50.8 Å². The van der Waals surface area contributed by atoms with Crippen LogP contribution in [0.25, 0.3) is 0 Å². The molecule has 0 unspecified atom stereocenters. The van der Waals surface area contributed by atoms with E-state index in [1.807, 2.05) is 6.92 Å². The Kier molecular flexibility index (Phi) is 5.81. The number of aliphatic imine (C=N–C) groups is 1. The molecule has 26 heavy (non-hydrogen) atoms. The van der Waals surface area contributed by atoms with Gasteiger partial charge in [0.25, 0.3) is 5.91 Å². The Morgan fingerprint density at radius 2 is 1.88 bits per heavy atom. The number of carbonyl (C=O) groups excluding carboxylic acids is 1. The number of amides is 1. The number of ether oxygens (including phenoxy) is 1. The van der Waals surface area contributed by atoms with Crippen molar-refractivity contribution in [1.29, 1.82) is 0 Å². The molecule has 2 aliphatic rings. The Morgan fingerprint density at radius 1 is 1.23 bits per heavy atom. The fourth-order valence-corrected chi connectivity index (χ4v) is 3.68. The molecule has 1 aliphatic heterocycles. The third kappa shape index (κ3) is 4.01. The van der Waals surface area contributed by atoms with Crippen molar-refractivity contribution in [2.24, 2.45) is 4.99 Å². The number of carbonyl (C=O) groups is 1. The number of benzene rings is 1. The lowest BCUT2D eigenvalue weighted by Gasteiger charge is -2.37. The zero-order chi connectivity index (χ0) is 18.7. The number of allylic oxidation sites excluding steroid dienone is 1. The van der Waals surface area contributed by atoms with E-state index in [0.29, 0.717) is 12.1 Å². The van der Waals surface area contributed by atoms with Gasteiger partial charge in [-0.1, -0.05) is 6.07 Å². The van der Waals surface area contributed by atoms with Crippen LogP contribution in [-0.4, -0.2) is 42.3 Å². The first-order valence-corrected chi connectivity index (χ1v) is 8.98. The molecule has 1 saturated carbocycles. The number of halogens is 2. The SMILES string of the molecule is COC1CCC(N(Cc2c(F)cccc2F)C(=O)C2=CC(C)=NC2)CC1. The lowest BCUT2D eigenvalue weighted by Crippen LogP contribution is -2.44. The van der Waals surface area contributed by atoms with Gasteiger partial charge in [-0.2, -0.15) is 0 Å². The van der Waals surface area contributed by atoms with Crippen molar-refractivity contribution >= 4 is 11.6 Å². The summed E-state index contributed by atoms with van der Waals surface area (Å²) in [6, 6.07) is 3.73. The molecule has 6 heteroatoms. The summed E-state index contributed by atoms with van der Waals surface area (Å²) in [6.07, 6.45) is 5.12. The molecule has 1 aliphatic carbocycles. The van der Waals surface area contributed by atoms with Crippen LogP contribution >= 0.6 is 0 Å². The van der Waals surface area contributed by atoms with E-state index in [-0.39, 0.29) is 30.2 Å². The molecule has 0 saturated heterocycles. The third-order valence-corrected chi connectivity index (χ3v) is 5.23. The first kappa shape index (κ1) is 18.7. The predicted molar refractivity (Wildman–Crippen MR) is 96.0 cm³/mol. The molecule has 140 valence electrons. The topological polar surface area (TPSA) is 41.9 Å². The Balaban J connectivity index is 1.84. The van der Waals surface area contributed by atoms with E-state index in [9.17, 15) is 13.6 Å². The molecule has 1 amide bonds. The molecule has 0 spiro atoms. The fraction of sp³-hybridized carbons (Fsp3) is 0.500. The lowest BCUT2D eigenvalue weighted by atomic mass is 9.91. The number of nitrogens with zero attached hydrogens (tertiary/aromatic N) is 2. The molecule has 3 rings (SSSR count). The standard InChI is InChI=1S/C20H24F2N2O2/c1-13-10-14(11-23-13)20(25)24(15-6-8-16(26-2)9-7-15)12-17-18(21)4-3-5-19(17)22/h3-5,10,15-16H,6-9,11-12H2,1-2H3. The molecular formula is C20H24F2N2O2. The van der Waals surface area contributed by atoms with Crippen LogP contribution in [0.1, 0.15) is 38.2 Å². The average molecular weight is 362 g/mol. The van der Waals surface area contributed by atoms with Crippen molar-refractivity contribution in [3.8, 4) is 0 Å². The summed E-state index contributed by atoms with van der Waals surface area (Å²) in [5.41, 5.74) is 1.31. The second-order valence-corrected chi connectivity index (χ2v) is 6.93. The van der Waals surface area contributed by atoms with Crippen LogP contribution in [0.3, 0.4) is 0 Å². The van der Waals surface area contributed by atoms with Gasteiger partial charge in [0.2, 0.25) is 0 Å². The molecule has 0 aromatic heterocycles. The molecular weight excluding hydrogens is 338 g/mol. The minimum atomic E-state index is -0.624. The highest BCUT2D eigenvalue weighted by Crippen LogP contribution is 2.28. The van der Waals surface area contributed by atoms with Gasteiger partial charge in [0.15, 0.2) is 0 Å². The third-order valence-electron chi connectivity index (χ3n) is 5.23. The van der Waals surface area contributed by atoms with Gasteiger partial charge in [0.05, 0.1) is 19.2 Å². The zero-order valence-electron chi connectivity index (χ0n) is 15.2. The summed E-state index contributed by atoms with van der Waals surface area (Å²) >= 11 is 0. The second-order valence-electron chi connectivity index (χ2n) is 6.93. The molecule has 0 radical (unpaired) electrons. The summed E-state index contributed by atoms with van der Waals surface area (Å²) in [5.74, 6) is -1.43. The van der Waals surface area contributed by atoms with Crippen molar-refractivity contribution in [1.82, 2.24) is 4.90 Å². The average Bonchev–Trinajstić information content (AvgIpc) is 3.08. The Bertz CT molecular complexity index is 717. The van der Waals surface area contributed by atoms with Crippen LogP contribution in [0.15, 0.2) is 34.8 Å². The Labute approximate surface area is 152 Å². The van der Waals surface area contributed by atoms with Crippen LogP contribution in [0.4, 0.5) is 8.78 Å². The normalized spacial score (nSPS) is 22.8. The molecule has 0 atom stereocenters. The Hall–Kier alpha value is -2.08. The summed E-state index contributed by atoms with van der Waals surface area (Å²) in [7, 11) is 1.69. The van der Waals surface area contributed by atoms with Crippen molar-refractivity contribution < 1.29 is 18.3 Å². The van der Waals surface area contributed by atoms with Gasteiger partial charge in [0, 0.05) is 30.0 Å². The molecule has 4 nitrogen and oxygen atoms in total. The van der Waals surface area contributed by atoms with Crippen molar-refractivity contribution in [2.75, 3.05) is 13.7 Å². The van der Waals surface area contributed by atoms with Crippen molar-refractivity contribution in [3.05, 3.63) is 47.0 Å². The summed E-state index contributed by atoms with van der Waals surface area (Å²) in [6.45, 7) is 2.09. The number of rotatable bonds is 5. The number of hydrogen-bond donors (Lipinski definition) is 0. The van der Waals surface area contributed by atoms with Gasteiger partial charge < -0.3 is 9.64 Å². The Morgan fingerprint density at radius 3 is 2.42 bits per heavy atom. The fourth-order valence-electron chi connectivity index (χ4n) is 3.68. The second kappa shape index (κ2) is 8.08. The van der Waals surface area contributed by atoms with Gasteiger partial charge >= 0.3 is 0 Å². The molecule has 0 bridgehead atoms. The maximum Gasteiger partial charge on any atom is 0.252 e. The molecule has 1 heterocycles. The minimum absolute atomic E-state index is 0.0605. The summed E-state index contributed by atoms with van der Waals surface area (Å²) in [4.78, 5) is 18.9. The van der Waals surface area contributed by atoms with E-state index in [4.69, 9.17) is 4.74 Å². The van der Waals surface area contributed by atoms with Crippen LogP contribution in [0, 0.1) is 11.6 Å². The quantitative estimate of drug-likeness (QED) is 0.802. The van der Waals surface area contributed by atoms with Crippen molar-refractivity contribution in [3.63, 3.8) is 0 Å². The van der Waals surface area contributed by atoms with Gasteiger partial charge in [0.1, 0.15) is 11.6 Å². The lowest BCUT2D eigenvalue weighted by molar-refractivity contribution is -0.131. The van der Waals surface area contributed by atoms with Crippen LogP contribution < -0.4 is 0 Å². The van der Waals surface area contributed by atoms with Crippen LogP contribution in [0.5, 0.6) is 0 Å². The van der Waals surface area contributed by atoms with E-state index < -0.39 is 11.6 Å². The van der Waals surface area contributed by atoms with E-state index in [1.165, 1.54) is 18.2 Å². The molecule has 1 fully saturated rings. The van der Waals surface area contributed by atoms with E-state index >= 15 is 0 Å². The highest BCUT2D eigenvalue weighted by atomic mass is 19.1. The van der Waals surface area contributed by atoms with Crippen LogP contribution in [-0.2, 0) is 16.1 Å². The van der Waals surface area contributed by atoms with E-state index in [2.05, 4.69) is 4.99 Å². The van der Waals surface area contributed by atoms with Crippen molar-refractivity contribution in [2.45, 2.75) is 51.3 Å². The highest BCUT2D eigenvalue weighted by Gasteiger charge is 2.32. The first-order chi connectivity index (χ1) is 12.5. The summed E-state index contributed by atoms with van der Waals surface area (Å²) in [5, 5.41) is 0. The first-order valence-electron chi connectivity index (χ1n) is 8.98. The predicted octanol–water partition coefficient (Wildman–Crippen LogP) is 3.65. The molecule has 1 aromatic carbocycles. The summed E-state index contributed by atoms with van der Waals surface area (Å²) < 4.78 is 33.7. The number of hydrogen-bond acceptors (Lipinski definition) is 3. The highest BCUT2D eigenvalue weighted by molar-refractivity contribution is 6.06. The number of methoxy groups -OCH3 is 1.